The van der Waals surface area contributed by atoms with Gasteiger partial charge in [-0.15, -0.1) is 0 Å². The fourth-order valence-corrected chi connectivity index (χ4v) is 2.40. The van der Waals surface area contributed by atoms with Crippen LogP contribution in [0.4, 0.5) is 0 Å². The van der Waals surface area contributed by atoms with Gasteiger partial charge in [-0.25, -0.2) is 0 Å². The second kappa shape index (κ2) is 4.93. The van der Waals surface area contributed by atoms with E-state index >= 15 is 0 Å². The first-order valence-electron chi connectivity index (χ1n) is 6.02. The van der Waals surface area contributed by atoms with Crippen LogP contribution in [0.2, 0.25) is 0 Å². The van der Waals surface area contributed by atoms with Crippen LogP contribution in [0.25, 0.3) is 0 Å². The van der Waals surface area contributed by atoms with Gasteiger partial charge in [0.25, 0.3) is 0 Å². The number of nitrogens with one attached hydrogen (secondary N) is 1. The van der Waals surface area contributed by atoms with E-state index in [1.165, 1.54) is 5.56 Å². The van der Waals surface area contributed by atoms with Crippen LogP contribution in [0.3, 0.4) is 0 Å². The monoisotopic (exact) mass is 220 g/mol. The maximum absolute atomic E-state index is 5.95. The van der Waals surface area contributed by atoms with Gasteiger partial charge in [0, 0.05) is 30.6 Å². The zero-order chi connectivity index (χ0) is 11.4. The molecule has 1 N–H and O–H groups in total. The molecule has 1 saturated heterocycles. The third-order valence-electron chi connectivity index (χ3n) is 3.29. The molecule has 1 fully saturated rings. The Kier molecular flexibility index (Phi) is 3.56. The highest BCUT2D eigenvalue weighted by Gasteiger charge is 2.34. The molecule has 0 aliphatic carbocycles. The maximum Gasteiger partial charge on any atom is 0.0932 e. The molecule has 2 heterocycles. The number of rotatable bonds is 3. The van der Waals surface area contributed by atoms with Crippen molar-refractivity contribution in [2.45, 2.75) is 38.3 Å². The summed E-state index contributed by atoms with van der Waals surface area (Å²) in [6, 6.07) is 4.63. The van der Waals surface area contributed by atoms with E-state index in [2.05, 4.69) is 30.2 Å². The zero-order valence-electron chi connectivity index (χ0n) is 10.1. The lowest BCUT2D eigenvalue weighted by atomic mass is 9.86. The van der Waals surface area contributed by atoms with Gasteiger partial charge in [0.1, 0.15) is 0 Å². The van der Waals surface area contributed by atoms with Crippen molar-refractivity contribution in [1.29, 1.82) is 0 Å². The first kappa shape index (κ1) is 11.6. The van der Waals surface area contributed by atoms with Crippen molar-refractivity contribution in [3.8, 4) is 0 Å². The summed E-state index contributed by atoms with van der Waals surface area (Å²) in [6.07, 6.45) is 5.84. The average molecular weight is 220 g/mol. The Morgan fingerprint density at radius 1 is 1.62 bits per heavy atom. The molecule has 3 heteroatoms. The van der Waals surface area contributed by atoms with Crippen LogP contribution < -0.4 is 5.32 Å². The average Bonchev–Trinajstić information content (AvgIpc) is 2.31. The molecule has 2 unspecified atom stereocenters. The lowest BCUT2D eigenvalue weighted by molar-refractivity contribution is -0.0812. The molecule has 0 bridgehead atoms. The van der Waals surface area contributed by atoms with Crippen LogP contribution in [-0.4, -0.2) is 24.2 Å². The smallest absolute Gasteiger partial charge is 0.0932 e. The summed E-state index contributed by atoms with van der Waals surface area (Å²) in [5, 5.41) is 3.51. The lowest BCUT2D eigenvalue weighted by Crippen LogP contribution is -2.43. The summed E-state index contributed by atoms with van der Waals surface area (Å²) in [7, 11) is 0. The standard InChI is InChI=1S/C13H20N2O/c1-3-15-12-6-8-16-13(2,9-12)11-5-4-7-14-10-11/h4-5,7,10,12,15H,3,6,8-9H2,1-2H3. The Morgan fingerprint density at radius 3 is 3.19 bits per heavy atom. The molecule has 16 heavy (non-hydrogen) atoms. The first-order chi connectivity index (χ1) is 7.74. The first-order valence-corrected chi connectivity index (χ1v) is 6.02. The van der Waals surface area contributed by atoms with Crippen molar-refractivity contribution in [2.24, 2.45) is 0 Å². The van der Waals surface area contributed by atoms with E-state index in [9.17, 15) is 0 Å². The number of hydrogen-bond acceptors (Lipinski definition) is 3. The number of pyridine rings is 1. The zero-order valence-corrected chi connectivity index (χ0v) is 10.1. The highest BCUT2D eigenvalue weighted by Crippen LogP contribution is 2.34. The molecular weight excluding hydrogens is 200 g/mol. The highest BCUT2D eigenvalue weighted by molar-refractivity contribution is 5.18. The van der Waals surface area contributed by atoms with E-state index < -0.39 is 0 Å². The summed E-state index contributed by atoms with van der Waals surface area (Å²) in [4.78, 5) is 4.18. The molecule has 1 aromatic rings. The van der Waals surface area contributed by atoms with Gasteiger partial charge in [-0.2, -0.15) is 0 Å². The molecule has 0 aromatic carbocycles. The topological polar surface area (TPSA) is 34.1 Å². The molecule has 1 aliphatic heterocycles. The second-order valence-corrected chi connectivity index (χ2v) is 4.57. The molecule has 0 saturated carbocycles. The summed E-state index contributed by atoms with van der Waals surface area (Å²) in [6.45, 7) is 6.15. The Labute approximate surface area is 97.2 Å². The van der Waals surface area contributed by atoms with Crippen LogP contribution in [-0.2, 0) is 10.3 Å². The van der Waals surface area contributed by atoms with Crippen LogP contribution in [0.1, 0.15) is 32.3 Å². The van der Waals surface area contributed by atoms with Crippen molar-refractivity contribution in [2.75, 3.05) is 13.2 Å². The molecule has 0 amide bonds. The third-order valence-corrected chi connectivity index (χ3v) is 3.29. The minimum Gasteiger partial charge on any atom is -0.370 e. The van der Waals surface area contributed by atoms with Gasteiger partial charge in [0.05, 0.1) is 5.60 Å². The predicted molar refractivity (Wildman–Crippen MR) is 64.2 cm³/mol. The normalized spacial score (nSPS) is 30.2. The molecule has 88 valence electrons. The van der Waals surface area contributed by atoms with Gasteiger partial charge in [-0.3, -0.25) is 4.98 Å². The number of aromatic nitrogens is 1. The van der Waals surface area contributed by atoms with Crippen LogP contribution in [0, 0.1) is 0 Å². The minimum absolute atomic E-state index is 0.181. The van der Waals surface area contributed by atoms with Crippen molar-refractivity contribution >= 4 is 0 Å². The fourth-order valence-electron chi connectivity index (χ4n) is 2.40. The molecule has 1 aliphatic rings. The Bertz CT molecular complexity index is 326. The van der Waals surface area contributed by atoms with E-state index in [0.717, 1.165) is 26.0 Å². The van der Waals surface area contributed by atoms with Gasteiger partial charge in [0.15, 0.2) is 0 Å². The molecule has 1 aromatic heterocycles. The summed E-state index contributed by atoms with van der Waals surface area (Å²) in [5.41, 5.74) is 0.997. The Hall–Kier alpha value is -0.930. The van der Waals surface area contributed by atoms with Gasteiger partial charge in [-0.05, 0) is 32.4 Å². The van der Waals surface area contributed by atoms with E-state index in [4.69, 9.17) is 4.74 Å². The molecule has 0 spiro atoms. The van der Waals surface area contributed by atoms with E-state index in [1.54, 1.807) is 6.20 Å². The van der Waals surface area contributed by atoms with Crippen LogP contribution in [0.15, 0.2) is 24.5 Å². The second-order valence-electron chi connectivity index (χ2n) is 4.57. The van der Waals surface area contributed by atoms with E-state index in [-0.39, 0.29) is 5.60 Å². The van der Waals surface area contributed by atoms with E-state index in [1.807, 2.05) is 12.3 Å². The fraction of sp³-hybridized carbons (Fsp3) is 0.615. The number of nitrogens with zero attached hydrogens (tertiary/aromatic N) is 1. The lowest BCUT2D eigenvalue weighted by Gasteiger charge is -2.38. The van der Waals surface area contributed by atoms with Crippen molar-refractivity contribution < 1.29 is 4.74 Å². The number of hydrogen-bond donors (Lipinski definition) is 1. The summed E-state index contributed by atoms with van der Waals surface area (Å²) in [5.74, 6) is 0. The molecular formula is C13H20N2O. The SMILES string of the molecule is CCNC1CCOC(C)(c2cccnc2)C1. The largest absolute Gasteiger partial charge is 0.370 e. The van der Waals surface area contributed by atoms with Gasteiger partial charge >= 0.3 is 0 Å². The summed E-state index contributed by atoms with van der Waals surface area (Å²) < 4.78 is 5.95. The van der Waals surface area contributed by atoms with Gasteiger partial charge in [0.2, 0.25) is 0 Å². The minimum atomic E-state index is -0.181. The van der Waals surface area contributed by atoms with Crippen LogP contribution in [0.5, 0.6) is 0 Å². The number of ether oxygens (including phenoxy) is 1. The van der Waals surface area contributed by atoms with Crippen molar-refractivity contribution in [3.63, 3.8) is 0 Å². The van der Waals surface area contributed by atoms with Crippen molar-refractivity contribution in [3.05, 3.63) is 30.1 Å². The van der Waals surface area contributed by atoms with Crippen LogP contribution >= 0.6 is 0 Å². The Morgan fingerprint density at radius 2 is 2.50 bits per heavy atom. The predicted octanol–water partition coefficient (Wildman–Crippen LogP) is 2.09. The molecule has 3 nitrogen and oxygen atoms in total. The maximum atomic E-state index is 5.95. The summed E-state index contributed by atoms with van der Waals surface area (Å²) >= 11 is 0. The van der Waals surface area contributed by atoms with Gasteiger partial charge < -0.3 is 10.1 Å². The third kappa shape index (κ3) is 2.42. The molecule has 2 rings (SSSR count). The highest BCUT2D eigenvalue weighted by atomic mass is 16.5. The quantitative estimate of drug-likeness (QED) is 0.847. The molecule has 0 radical (unpaired) electrons. The van der Waals surface area contributed by atoms with Gasteiger partial charge in [-0.1, -0.05) is 13.0 Å². The van der Waals surface area contributed by atoms with E-state index in [0.29, 0.717) is 6.04 Å². The van der Waals surface area contributed by atoms with Crippen molar-refractivity contribution in [1.82, 2.24) is 10.3 Å². The molecule has 2 atom stereocenters. The Balaban J connectivity index is 2.12.